The third-order valence-corrected chi connectivity index (χ3v) is 1.60. The van der Waals surface area contributed by atoms with Gasteiger partial charge in [0.25, 0.3) is 0 Å². The topological polar surface area (TPSA) is 35.7 Å². The van der Waals surface area contributed by atoms with Crippen molar-refractivity contribution in [1.82, 2.24) is 4.98 Å². The number of hydrogen-bond acceptors (Lipinski definition) is 3. The van der Waals surface area contributed by atoms with Gasteiger partial charge in [-0.3, -0.25) is 0 Å². The Morgan fingerprint density at radius 2 is 2.23 bits per heavy atom. The van der Waals surface area contributed by atoms with Gasteiger partial charge in [0.1, 0.15) is 5.75 Å². The largest absolute Gasteiger partial charge is 0.495 e. The van der Waals surface area contributed by atoms with Gasteiger partial charge in [-0.2, -0.15) is 0 Å². The molecule has 0 aliphatic heterocycles. The van der Waals surface area contributed by atoms with Gasteiger partial charge in [0.15, 0.2) is 0 Å². The Hall–Kier alpha value is -1.76. The van der Waals surface area contributed by atoms with Crippen molar-refractivity contribution < 1.29 is 9.47 Å². The second-order valence-corrected chi connectivity index (χ2v) is 2.35. The quantitative estimate of drug-likeness (QED) is 0.658. The molecule has 0 N–H and O–H groups in total. The molecule has 0 saturated heterocycles. The third kappa shape index (κ3) is 2.09. The lowest BCUT2D eigenvalue weighted by Crippen LogP contribution is -1.94. The molecule has 0 atom stereocenters. The van der Waals surface area contributed by atoms with Crippen molar-refractivity contribution in [3.63, 3.8) is 0 Å². The molecule has 1 heterocycles. The van der Waals surface area contributed by atoms with E-state index in [1.807, 2.05) is 0 Å². The molecule has 0 radical (unpaired) electrons. The van der Waals surface area contributed by atoms with E-state index in [0.717, 1.165) is 5.56 Å². The van der Waals surface area contributed by atoms with Gasteiger partial charge in [-0.1, -0.05) is 0 Å². The minimum absolute atomic E-state index is 0.280. The van der Waals surface area contributed by atoms with Crippen LogP contribution in [0, 0.1) is 6.57 Å². The van der Waals surface area contributed by atoms with Gasteiger partial charge >= 0.3 is 0 Å². The molecule has 13 heavy (non-hydrogen) atoms. The highest BCUT2D eigenvalue weighted by Gasteiger charge is 2.07. The molecular formula is C9H10N2O2. The summed E-state index contributed by atoms with van der Waals surface area (Å²) in [4.78, 5) is 7.24. The predicted octanol–water partition coefficient (Wildman–Crippen LogP) is 1.52. The normalized spacial score (nSPS) is 9.00. The first-order valence-corrected chi connectivity index (χ1v) is 3.72. The molecule has 0 fully saturated rings. The van der Waals surface area contributed by atoms with Crippen molar-refractivity contribution in [2.75, 3.05) is 14.2 Å². The van der Waals surface area contributed by atoms with Crippen molar-refractivity contribution in [1.29, 1.82) is 0 Å². The van der Waals surface area contributed by atoms with Crippen LogP contribution in [-0.2, 0) is 6.54 Å². The average Bonchev–Trinajstić information content (AvgIpc) is 2.18. The molecule has 0 spiro atoms. The fourth-order valence-electron chi connectivity index (χ4n) is 0.967. The van der Waals surface area contributed by atoms with Crippen LogP contribution in [0.25, 0.3) is 4.85 Å². The first kappa shape index (κ1) is 9.33. The van der Waals surface area contributed by atoms with Gasteiger partial charge in [0.2, 0.25) is 12.4 Å². The lowest BCUT2D eigenvalue weighted by atomic mass is 10.2. The second-order valence-electron chi connectivity index (χ2n) is 2.35. The maximum absolute atomic E-state index is 6.75. The maximum Gasteiger partial charge on any atom is 0.243 e. The van der Waals surface area contributed by atoms with Crippen LogP contribution in [0.5, 0.6) is 11.6 Å². The summed E-state index contributed by atoms with van der Waals surface area (Å²) >= 11 is 0. The lowest BCUT2D eigenvalue weighted by Gasteiger charge is -2.04. The number of rotatable bonds is 3. The van der Waals surface area contributed by atoms with Crippen LogP contribution < -0.4 is 9.47 Å². The number of methoxy groups -OCH3 is 2. The van der Waals surface area contributed by atoms with Gasteiger partial charge in [-0.15, -0.1) is 0 Å². The van der Waals surface area contributed by atoms with E-state index in [1.54, 1.807) is 19.4 Å². The Morgan fingerprint density at radius 3 is 2.77 bits per heavy atom. The second kappa shape index (κ2) is 4.31. The zero-order chi connectivity index (χ0) is 9.68. The van der Waals surface area contributed by atoms with E-state index in [0.29, 0.717) is 11.6 Å². The molecular weight excluding hydrogens is 168 g/mol. The molecule has 0 bridgehead atoms. The van der Waals surface area contributed by atoms with Gasteiger partial charge < -0.3 is 14.3 Å². The van der Waals surface area contributed by atoms with Crippen LogP contribution in [0.2, 0.25) is 0 Å². The Labute approximate surface area is 76.9 Å². The Bertz CT molecular complexity index is 331. The number of nitrogens with zero attached hydrogens (tertiary/aromatic N) is 2. The summed E-state index contributed by atoms with van der Waals surface area (Å²) in [6, 6.07) is 1.71. The summed E-state index contributed by atoms with van der Waals surface area (Å²) in [5.41, 5.74) is 0.796. The van der Waals surface area contributed by atoms with E-state index in [1.165, 1.54) is 7.11 Å². The van der Waals surface area contributed by atoms with Crippen molar-refractivity contribution in [2.45, 2.75) is 6.54 Å². The van der Waals surface area contributed by atoms with Crippen LogP contribution in [0.1, 0.15) is 5.56 Å². The number of hydrogen-bond donors (Lipinski definition) is 0. The molecule has 4 nitrogen and oxygen atoms in total. The molecule has 1 aromatic rings. The molecule has 4 heteroatoms. The van der Waals surface area contributed by atoms with Crippen molar-refractivity contribution in [3.05, 3.63) is 29.2 Å². The first-order chi connectivity index (χ1) is 6.31. The van der Waals surface area contributed by atoms with E-state index in [4.69, 9.17) is 16.0 Å². The smallest absolute Gasteiger partial charge is 0.243 e. The van der Waals surface area contributed by atoms with Crippen molar-refractivity contribution in [2.24, 2.45) is 0 Å². The molecule has 1 rings (SSSR count). The highest BCUT2D eigenvalue weighted by molar-refractivity contribution is 5.35. The number of pyridine rings is 1. The summed E-state index contributed by atoms with van der Waals surface area (Å²) in [7, 11) is 3.09. The van der Waals surface area contributed by atoms with E-state index in [2.05, 4.69) is 9.83 Å². The fourth-order valence-corrected chi connectivity index (χ4v) is 0.967. The predicted molar refractivity (Wildman–Crippen MR) is 47.6 cm³/mol. The molecule has 0 aromatic carbocycles. The standard InChI is InChI=1S/C9H10N2O2/c1-10-5-7-4-9(13-3)11-6-8(7)12-2/h4,6H,5H2,2-3H3. The molecule has 0 saturated carbocycles. The van der Waals surface area contributed by atoms with E-state index >= 15 is 0 Å². The van der Waals surface area contributed by atoms with Crippen LogP contribution >= 0.6 is 0 Å². The molecule has 0 unspecified atom stereocenters. The maximum atomic E-state index is 6.75. The molecule has 0 amide bonds. The van der Waals surface area contributed by atoms with Gasteiger partial charge in [-0.05, 0) is 0 Å². The monoisotopic (exact) mass is 178 g/mol. The highest BCUT2D eigenvalue weighted by atomic mass is 16.5. The highest BCUT2D eigenvalue weighted by Crippen LogP contribution is 2.21. The van der Waals surface area contributed by atoms with Gasteiger partial charge in [-0.25, -0.2) is 11.6 Å². The van der Waals surface area contributed by atoms with E-state index in [-0.39, 0.29) is 6.54 Å². The summed E-state index contributed by atoms with van der Waals surface area (Å²) in [5, 5.41) is 0. The summed E-state index contributed by atoms with van der Waals surface area (Å²) in [5.74, 6) is 1.12. The van der Waals surface area contributed by atoms with Gasteiger partial charge in [0, 0.05) is 6.07 Å². The Kier molecular flexibility index (Phi) is 3.09. The third-order valence-electron chi connectivity index (χ3n) is 1.60. The van der Waals surface area contributed by atoms with E-state index < -0.39 is 0 Å². The summed E-state index contributed by atoms with van der Waals surface area (Å²) in [6.07, 6.45) is 1.55. The minimum Gasteiger partial charge on any atom is -0.495 e. The van der Waals surface area contributed by atoms with Crippen LogP contribution in [0.3, 0.4) is 0 Å². The Balaban J connectivity index is 3.04. The zero-order valence-corrected chi connectivity index (χ0v) is 7.57. The van der Waals surface area contributed by atoms with Crippen molar-refractivity contribution in [3.8, 4) is 11.6 Å². The Morgan fingerprint density at radius 1 is 1.46 bits per heavy atom. The van der Waals surface area contributed by atoms with Crippen LogP contribution in [0.15, 0.2) is 12.3 Å². The molecule has 68 valence electrons. The van der Waals surface area contributed by atoms with Crippen molar-refractivity contribution >= 4 is 0 Å². The number of aromatic nitrogens is 1. The average molecular weight is 178 g/mol. The molecule has 0 aliphatic rings. The number of ether oxygens (including phenoxy) is 2. The summed E-state index contributed by atoms with van der Waals surface area (Å²) < 4.78 is 9.97. The van der Waals surface area contributed by atoms with E-state index in [9.17, 15) is 0 Å². The molecule has 0 aliphatic carbocycles. The lowest BCUT2D eigenvalue weighted by molar-refractivity contribution is 0.385. The molecule has 1 aromatic heterocycles. The van der Waals surface area contributed by atoms with Crippen LogP contribution in [-0.4, -0.2) is 19.2 Å². The fraction of sp³-hybridized carbons (Fsp3) is 0.333. The van der Waals surface area contributed by atoms with Crippen LogP contribution in [0.4, 0.5) is 0 Å². The SMILES string of the molecule is [C-]#[N+]Cc1cc(OC)ncc1OC. The minimum atomic E-state index is 0.280. The summed E-state index contributed by atoms with van der Waals surface area (Å²) in [6.45, 7) is 7.03. The first-order valence-electron chi connectivity index (χ1n) is 3.72. The zero-order valence-electron chi connectivity index (χ0n) is 7.57. The van der Waals surface area contributed by atoms with Gasteiger partial charge in [0.05, 0.1) is 26.0 Å².